The van der Waals surface area contributed by atoms with Crippen molar-refractivity contribution in [3.05, 3.63) is 34.3 Å². The molecule has 4 amide bonds. The minimum atomic E-state index is -1.36. The molecule has 26 heavy (non-hydrogen) atoms. The first kappa shape index (κ1) is 17.2. The Hall–Kier alpha value is -2.22. The van der Waals surface area contributed by atoms with E-state index in [4.69, 9.17) is 0 Å². The molecule has 4 atom stereocenters. The van der Waals surface area contributed by atoms with E-state index in [1.165, 1.54) is 16.8 Å². The van der Waals surface area contributed by atoms with Crippen LogP contribution in [0.4, 0.5) is 0 Å². The third-order valence-electron chi connectivity index (χ3n) is 5.97. The van der Waals surface area contributed by atoms with E-state index in [2.05, 4.69) is 15.9 Å². The Labute approximate surface area is 159 Å². The van der Waals surface area contributed by atoms with Crippen LogP contribution in [-0.4, -0.2) is 70.5 Å². The normalized spacial score (nSPS) is 33.2. The van der Waals surface area contributed by atoms with E-state index in [9.17, 15) is 19.2 Å². The predicted molar refractivity (Wildman–Crippen MR) is 94.9 cm³/mol. The van der Waals surface area contributed by atoms with Crippen molar-refractivity contribution < 1.29 is 19.2 Å². The van der Waals surface area contributed by atoms with Gasteiger partial charge in [-0.25, -0.2) is 0 Å². The molecule has 0 N–H and O–H groups in total. The van der Waals surface area contributed by atoms with E-state index in [-0.39, 0.29) is 30.2 Å². The van der Waals surface area contributed by atoms with Crippen LogP contribution in [0.5, 0.6) is 0 Å². The number of likely N-dealkylation sites (tertiary alicyclic amines) is 2. The molecule has 3 heterocycles. The van der Waals surface area contributed by atoms with Crippen LogP contribution in [0.2, 0.25) is 0 Å². The molecule has 3 aliphatic rings. The average Bonchev–Trinajstić information content (AvgIpc) is 2.97. The maximum absolute atomic E-state index is 13.3. The maximum atomic E-state index is 13.3. The maximum Gasteiger partial charge on any atom is 0.255 e. The number of hydrogen-bond donors (Lipinski definition) is 0. The first-order valence-electron chi connectivity index (χ1n) is 8.35. The fourth-order valence-electron chi connectivity index (χ4n) is 4.74. The zero-order chi connectivity index (χ0) is 19.0. The Kier molecular flexibility index (Phi) is 3.57. The number of imide groups is 1. The quantitative estimate of drug-likeness (QED) is 0.628. The van der Waals surface area contributed by atoms with Crippen LogP contribution in [0, 0.1) is 11.8 Å². The van der Waals surface area contributed by atoms with Crippen molar-refractivity contribution >= 4 is 39.6 Å². The highest BCUT2D eigenvalue weighted by Gasteiger charge is 2.73. The van der Waals surface area contributed by atoms with Gasteiger partial charge in [0.1, 0.15) is 5.54 Å². The van der Waals surface area contributed by atoms with Gasteiger partial charge >= 0.3 is 0 Å². The number of benzene rings is 1. The number of halogens is 1. The van der Waals surface area contributed by atoms with Crippen molar-refractivity contribution in [3.8, 4) is 0 Å². The Balaban J connectivity index is 1.85. The zero-order valence-electron chi connectivity index (χ0n) is 14.6. The third kappa shape index (κ3) is 1.93. The van der Waals surface area contributed by atoms with E-state index in [1.54, 1.807) is 38.2 Å². The lowest BCUT2D eigenvalue weighted by Gasteiger charge is -2.46. The largest absolute Gasteiger partial charge is 0.342 e. The molecule has 7 nitrogen and oxygen atoms in total. The lowest BCUT2D eigenvalue weighted by Crippen LogP contribution is -2.67. The van der Waals surface area contributed by atoms with Gasteiger partial charge in [0.25, 0.3) is 5.91 Å². The smallest absolute Gasteiger partial charge is 0.255 e. The van der Waals surface area contributed by atoms with Crippen molar-refractivity contribution in [1.82, 2.24) is 14.7 Å². The molecule has 4 rings (SSSR count). The van der Waals surface area contributed by atoms with Crippen molar-refractivity contribution in [2.45, 2.75) is 18.5 Å². The fourth-order valence-corrected chi connectivity index (χ4v) is 5.01. The molecule has 0 aromatic heterocycles. The second-order valence-corrected chi connectivity index (χ2v) is 8.24. The van der Waals surface area contributed by atoms with Gasteiger partial charge in [-0.05, 0) is 31.2 Å². The lowest BCUT2D eigenvalue weighted by molar-refractivity contribution is -0.153. The molecule has 0 aliphatic carbocycles. The SMILES string of the molecule is CN1C[C@@H]2[C@@H]3C(=O)N(C)C(=O)[C@@H]3[C@](C)(C1=O)N2C(=O)c1ccc(Br)cc1. The molecule has 0 radical (unpaired) electrons. The summed E-state index contributed by atoms with van der Waals surface area (Å²) >= 11 is 3.34. The van der Waals surface area contributed by atoms with E-state index < -0.39 is 23.4 Å². The summed E-state index contributed by atoms with van der Waals surface area (Å²) in [7, 11) is 3.09. The Morgan fingerprint density at radius 2 is 1.73 bits per heavy atom. The molecular formula is C18H18BrN3O4. The van der Waals surface area contributed by atoms with E-state index in [1.807, 2.05) is 0 Å². The second-order valence-electron chi connectivity index (χ2n) is 7.32. The fraction of sp³-hybridized carbons (Fsp3) is 0.444. The molecule has 0 unspecified atom stereocenters. The van der Waals surface area contributed by atoms with Crippen LogP contribution in [0.25, 0.3) is 0 Å². The highest BCUT2D eigenvalue weighted by molar-refractivity contribution is 9.10. The summed E-state index contributed by atoms with van der Waals surface area (Å²) in [4.78, 5) is 55.8. The van der Waals surface area contributed by atoms with Gasteiger partial charge in [0.15, 0.2) is 0 Å². The van der Waals surface area contributed by atoms with Crippen molar-refractivity contribution in [1.29, 1.82) is 0 Å². The predicted octanol–water partition coefficient (Wildman–Crippen LogP) is 0.735. The van der Waals surface area contributed by atoms with Crippen molar-refractivity contribution in [2.75, 3.05) is 20.6 Å². The molecule has 0 saturated carbocycles. The van der Waals surface area contributed by atoms with Crippen LogP contribution in [0.1, 0.15) is 17.3 Å². The molecule has 1 aromatic rings. The van der Waals surface area contributed by atoms with Crippen LogP contribution in [0.15, 0.2) is 28.7 Å². The minimum Gasteiger partial charge on any atom is -0.342 e. The van der Waals surface area contributed by atoms with Gasteiger partial charge in [0, 0.05) is 30.7 Å². The zero-order valence-corrected chi connectivity index (χ0v) is 16.2. The van der Waals surface area contributed by atoms with E-state index in [0.717, 1.165) is 9.37 Å². The summed E-state index contributed by atoms with van der Waals surface area (Å²) in [5, 5.41) is 0. The second kappa shape index (κ2) is 5.39. The van der Waals surface area contributed by atoms with Crippen molar-refractivity contribution in [2.24, 2.45) is 11.8 Å². The van der Waals surface area contributed by atoms with Crippen LogP contribution >= 0.6 is 15.9 Å². The summed E-state index contributed by atoms with van der Waals surface area (Å²) < 4.78 is 0.835. The van der Waals surface area contributed by atoms with Gasteiger partial charge in [-0.1, -0.05) is 15.9 Å². The Morgan fingerprint density at radius 3 is 2.35 bits per heavy atom. The number of likely N-dealkylation sites (N-methyl/N-ethyl adjacent to an activating group) is 1. The summed E-state index contributed by atoms with van der Waals surface area (Å²) in [5.74, 6) is -2.84. The standard InChI is InChI=1S/C18H18BrN3O4/c1-18-13-12(15(24)21(3)16(13)25)11(8-20(2)17(18)26)22(18)14(23)9-4-6-10(19)7-5-9/h4-7,11-13H,8H2,1-3H3/t11-,12+,13-,18-/m1/s1. The average molecular weight is 420 g/mol. The molecule has 136 valence electrons. The number of rotatable bonds is 1. The Bertz CT molecular complexity index is 854. The van der Waals surface area contributed by atoms with Crippen LogP contribution in [0.3, 0.4) is 0 Å². The summed E-state index contributed by atoms with van der Waals surface area (Å²) in [5.41, 5.74) is -0.931. The molecule has 3 saturated heterocycles. The highest BCUT2D eigenvalue weighted by Crippen LogP contribution is 2.52. The van der Waals surface area contributed by atoms with Gasteiger partial charge in [-0.3, -0.25) is 24.1 Å². The molecule has 3 aliphatic heterocycles. The molecule has 0 spiro atoms. The number of carbonyl (C=O) groups is 4. The lowest BCUT2D eigenvalue weighted by atomic mass is 9.81. The monoisotopic (exact) mass is 419 g/mol. The van der Waals surface area contributed by atoms with Crippen molar-refractivity contribution in [3.63, 3.8) is 0 Å². The van der Waals surface area contributed by atoms with Gasteiger partial charge in [-0.2, -0.15) is 0 Å². The summed E-state index contributed by atoms with van der Waals surface area (Å²) in [6.07, 6.45) is 0. The molecular weight excluding hydrogens is 402 g/mol. The van der Waals surface area contributed by atoms with Crippen LogP contribution in [-0.2, 0) is 14.4 Å². The molecule has 8 heteroatoms. The first-order chi connectivity index (χ1) is 12.2. The summed E-state index contributed by atoms with van der Waals surface area (Å²) in [6.45, 7) is 1.86. The van der Waals surface area contributed by atoms with Gasteiger partial charge < -0.3 is 9.80 Å². The van der Waals surface area contributed by atoms with Crippen LogP contribution < -0.4 is 0 Å². The topological polar surface area (TPSA) is 78.0 Å². The number of carbonyl (C=O) groups excluding carboxylic acids is 4. The van der Waals surface area contributed by atoms with Gasteiger partial charge in [0.05, 0.1) is 17.9 Å². The first-order valence-corrected chi connectivity index (χ1v) is 9.15. The molecule has 3 fully saturated rings. The van der Waals surface area contributed by atoms with E-state index >= 15 is 0 Å². The minimum absolute atomic E-state index is 0.241. The van der Waals surface area contributed by atoms with E-state index in [0.29, 0.717) is 5.56 Å². The number of amides is 4. The molecule has 2 bridgehead atoms. The summed E-state index contributed by atoms with van der Waals surface area (Å²) in [6, 6.07) is 6.33. The number of hydrogen-bond acceptors (Lipinski definition) is 4. The Morgan fingerprint density at radius 1 is 1.12 bits per heavy atom. The third-order valence-corrected chi connectivity index (χ3v) is 6.50. The number of piperazine rings is 1. The molecule has 1 aromatic carbocycles. The number of nitrogens with zero attached hydrogens (tertiary/aromatic N) is 3. The van der Waals surface area contributed by atoms with Gasteiger partial charge in [-0.15, -0.1) is 0 Å². The van der Waals surface area contributed by atoms with Gasteiger partial charge in [0.2, 0.25) is 17.7 Å². The highest BCUT2D eigenvalue weighted by atomic mass is 79.9. The number of fused-ring (bicyclic) bond motifs is 5.